The van der Waals surface area contributed by atoms with Crippen LogP contribution in [0.4, 0.5) is 5.69 Å². The van der Waals surface area contributed by atoms with Crippen molar-refractivity contribution in [3.8, 4) is 5.75 Å². The molecule has 1 N–H and O–H groups in total. The van der Waals surface area contributed by atoms with Crippen LogP contribution in [0.2, 0.25) is 0 Å². The van der Waals surface area contributed by atoms with Crippen LogP contribution >= 0.6 is 11.3 Å². The van der Waals surface area contributed by atoms with Gasteiger partial charge in [-0.2, -0.15) is 0 Å². The summed E-state index contributed by atoms with van der Waals surface area (Å²) in [5.41, 5.74) is 3.46. The molecule has 3 aromatic rings. The maximum atomic E-state index is 5.96. The van der Waals surface area contributed by atoms with Gasteiger partial charge in [-0.05, 0) is 24.5 Å². The molecule has 0 bridgehead atoms. The van der Waals surface area contributed by atoms with Crippen LogP contribution in [0.5, 0.6) is 5.75 Å². The molecule has 0 radical (unpaired) electrons. The molecule has 1 aromatic carbocycles. The summed E-state index contributed by atoms with van der Waals surface area (Å²) in [5, 5.41) is 5.47. The van der Waals surface area contributed by atoms with E-state index in [4.69, 9.17) is 4.74 Å². The van der Waals surface area contributed by atoms with Crippen LogP contribution in [0.1, 0.15) is 17.7 Å². The van der Waals surface area contributed by atoms with Gasteiger partial charge in [0.15, 0.2) is 4.96 Å². The summed E-state index contributed by atoms with van der Waals surface area (Å²) >= 11 is 1.64. The van der Waals surface area contributed by atoms with Crippen molar-refractivity contribution in [3.63, 3.8) is 0 Å². The highest BCUT2D eigenvalue weighted by Gasteiger charge is 2.13. The van der Waals surface area contributed by atoms with Gasteiger partial charge in [0.1, 0.15) is 12.4 Å². The lowest BCUT2D eigenvalue weighted by Crippen LogP contribution is -2.13. The first-order valence-electron chi connectivity index (χ1n) is 6.80. The predicted molar refractivity (Wildman–Crippen MR) is 80.7 cm³/mol. The second-order valence-electron chi connectivity index (χ2n) is 4.93. The predicted octanol–water partition coefficient (Wildman–Crippen LogP) is 3.33. The van der Waals surface area contributed by atoms with E-state index in [1.165, 1.54) is 12.0 Å². The third kappa shape index (κ3) is 2.04. The summed E-state index contributed by atoms with van der Waals surface area (Å²) < 4.78 is 7.99. The summed E-state index contributed by atoms with van der Waals surface area (Å²) in [4.78, 5) is 5.55. The number of nitrogens with zero attached hydrogens (tertiary/aromatic N) is 2. The third-order valence-corrected chi connectivity index (χ3v) is 4.33. The number of para-hydroxylation sites is 1. The lowest BCUT2D eigenvalue weighted by Gasteiger charge is -2.20. The molecule has 0 spiro atoms. The van der Waals surface area contributed by atoms with Crippen molar-refractivity contribution in [2.75, 3.05) is 11.9 Å². The van der Waals surface area contributed by atoms with Crippen molar-refractivity contribution in [3.05, 3.63) is 47.2 Å². The smallest absolute Gasteiger partial charge is 0.193 e. The lowest BCUT2D eigenvalue weighted by molar-refractivity contribution is 0.303. The topological polar surface area (TPSA) is 38.6 Å². The third-order valence-electron chi connectivity index (χ3n) is 3.56. The van der Waals surface area contributed by atoms with Gasteiger partial charge in [0.05, 0.1) is 11.4 Å². The molecule has 102 valence electrons. The highest BCUT2D eigenvalue weighted by Crippen LogP contribution is 2.32. The SMILES string of the molecule is c1cc2c(c(OCc3cn4ccsc4n3)c1)NCCC2. The standard InChI is InChI=1S/C15H15N3OS/c1-3-11-4-2-6-16-14(11)13(5-1)19-10-12-9-18-7-8-20-15(18)17-12/h1,3,5,7-9,16H,2,4,6,10H2. The molecular weight excluding hydrogens is 270 g/mol. The van der Waals surface area contributed by atoms with E-state index in [0.29, 0.717) is 6.61 Å². The molecule has 0 amide bonds. The molecule has 0 aliphatic carbocycles. The van der Waals surface area contributed by atoms with Crippen molar-refractivity contribution in [1.29, 1.82) is 0 Å². The highest BCUT2D eigenvalue weighted by atomic mass is 32.1. The van der Waals surface area contributed by atoms with Crippen molar-refractivity contribution >= 4 is 22.0 Å². The lowest BCUT2D eigenvalue weighted by atomic mass is 10.0. The van der Waals surface area contributed by atoms with Crippen LogP contribution in [0.25, 0.3) is 4.96 Å². The fourth-order valence-electron chi connectivity index (χ4n) is 2.60. The Labute approximate surface area is 121 Å². The van der Waals surface area contributed by atoms with E-state index in [9.17, 15) is 0 Å². The van der Waals surface area contributed by atoms with Gasteiger partial charge in [-0.3, -0.25) is 4.40 Å². The van der Waals surface area contributed by atoms with Crippen LogP contribution in [0.15, 0.2) is 36.0 Å². The molecule has 0 saturated heterocycles. The van der Waals surface area contributed by atoms with Crippen molar-refractivity contribution in [2.45, 2.75) is 19.4 Å². The first-order chi connectivity index (χ1) is 9.90. The number of thiazole rings is 1. The highest BCUT2D eigenvalue weighted by molar-refractivity contribution is 7.15. The van der Waals surface area contributed by atoms with Crippen molar-refractivity contribution in [1.82, 2.24) is 9.38 Å². The molecule has 5 heteroatoms. The monoisotopic (exact) mass is 285 g/mol. The Bertz CT molecular complexity index is 718. The minimum absolute atomic E-state index is 0.506. The van der Waals surface area contributed by atoms with Gasteiger partial charge in [0.25, 0.3) is 0 Å². The molecule has 3 heterocycles. The molecule has 0 saturated carbocycles. The molecular formula is C15H15N3OS. The number of hydrogen-bond acceptors (Lipinski definition) is 4. The van der Waals surface area contributed by atoms with E-state index in [2.05, 4.69) is 22.4 Å². The molecule has 1 aliphatic heterocycles. The van der Waals surface area contributed by atoms with Crippen LogP contribution < -0.4 is 10.1 Å². The summed E-state index contributed by atoms with van der Waals surface area (Å²) in [6, 6.07) is 6.25. The Morgan fingerprint density at radius 2 is 2.40 bits per heavy atom. The van der Waals surface area contributed by atoms with Gasteiger partial charge in [-0.25, -0.2) is 4.98 Å². The van der Waals surface area contributed by atoms with E-state index in [1.54, 1.807) is 11.3 Å². The number of imidazole rings is 1. The van der Waals surface area contributed by atoms with E-state index >= 15 is 0 Å². The Morgan fingerprint density at radius 3 is 3.35 bits per heavy atom. The fourth-order valence-corrected chi connectivity index (χ4v) is 3.31. The molecule has 4 rings (SSSR count). The van der Waals surface area contributed by atoms with E-state index < -0.39 is 0 Å². The Morgan fingerprint density at radius 1 is 1.40 bits per heavy atom. The molecule has 0 unspecified atom stereocenters. The van der Waals surface area contributed by atoms with Gasteiger partial charge < -0.3 is 10.1 Å². The normalized spacial score (nSPS) is 14.0. The van der Waals surface area contributed by atoms with Gasteiger partial charge >= 0.3 is 0 Å². The van der Waals surface area contributed by atoms with Gasteiger partial charge in [0.2, 0.25) is 0 Å². The Balaban J connectivity index is 1.55. The van der Waals surface area contributed by atoms with E-state index in [-0.39, 0.29) is 0 Å². The fraction of sp³-hybridized carbons (Fsp3) is 0.267. The van der Waals surface area contributed by atoms with Crippen LogP contribution in [-0.4, -0.2) is 15.9 Å². The largest absolute Gasteiger partial charge is 0.485 e. The number of aromatic nitrogens is 2. The molecule has 2 aromatic heterocycles. The summed E-state index contributed by atoms with van der Waals surface area (Å²) in [6.45, 7) is 1.53. The number of benzene rings is 1. The number of aryl methyl sites for hydroxylation is 1. The second kappa shape index (κ2) is 4.83. The summed E-state index contributed by atoms with van der Waals surface area (Å²) in [5.74, 6) is 0.929. The zero-order valence-electron chi connectivity index (χ0n) is 11.0. The number of rotatable bonds is 3. The molecule has 4 nitrogen and oxygen atoms in total. The quantitative estimate of drug-likeness (QED) is 0.802. The van der Waals surface area contributed by atoms with Crippen LogP contribution in [0, 0.1) is 0 Å². The Kier molecular flexibility index (Phi) is 2.85. The summed E-state index contributed by atoms with van der Waals surface area (Å²) in [7, 11) is 0. The van der Waals surface area contributed by atoms with Crippen molar-refractivity contribution in [2.24, 2.45) is 0 Å². The van der Waals surface area contributed by atoms with Gasteiger partial charge in [0, 0.05) is 24.3 Å². The van der Waals surface area contributed by atoms with Crippen LogP contribution in [-0.2, 0) is 13.0 Å². The van der Waals surface area contributed by atoms with Gasteiger partial charge in [-0.1, -0.05) is 12.1 Å². The zero-order valence-corrected chi connectivity index (χ0v) is 11.8. The molecule has 0 atom stereocenters. The first kappa shape index (κ1) is 11.8. The second-order valence-corrected chi connectivity index (χ2v) is 5.81. The number of anilines is 1. The maximum absolute atomic E-state index is 5.96. The average Bonchev–Trinajstić information content (AvgIpc) is 3.06. The minimum Gasteiger partial charge on any atom is -0.485 e. The van der Waals surface area contributed by atoms with E-state index in [1.807, 2.05) is 28.2 Å². The molecule has 20 heavy (non-hydrogen) atoms. The van der Waals surface area contributed by atoms with Crippen molar-refractivity contribution < 1.29 is 4.74 Å². The minimum atomic E-state index is 0.506. The van der Waals surface area contributed by atoms with E-state index in [0.717, 1.165) is 35.1 Å². The number of ether oxygens (including phenoxy) is 1. The molecule has 0 fully saturated rings. The first-order valence-corrected chi connectivity index (χ1v) is 7.68. The summed E-state index contributed by atoms with van der Waals surface area (Å²) in [6.07, 6.45) is 6.35. The Hall–Kier alpha value is -2.01. The number of fused-ring (bicyclic) bond motifs is 2. The van der Waals surface area contributed by atoms with Gasteiger partial charge in [-0.15, -0.1) is 11.3 Å². The maximum Gasteiger partial charge on any atom is 0.193 e. The molecule has 1 aliphatic rings. The average molecular weight is 285 g/mol. The number of nitrogens with one attached hydrogen (secondary N) is 1. The van der Waals surface area contributed by atoms with Crippen LogP contribution in [0.3, 0.4) is 0 Å². The zero-order chi connectivity index (χ0) is 13.4. The number of hydrogen-bond donors (Lipinski definition) is 1.